The Morgan fingerprint density at radius 1 is 1.33 bits per heavy atom. The van der Waals surface area contributed by atoms with Crippen molar-refractivity contribution in [2.75, 3.05) is 0 Å². The van der Waals surface area contributed by atoms with Crippen LogP contribution in [0.2, 0.25) is 0 Å². The van der Waals surface area contributed by atoms with Crippen LogP contribution in [0.4, 0.5) is 0 Å². The molecular formula is C14H15BN4OS. The van der Waals surface area contributed by atoms with Crippen molar-refractivity contribution in [3.8, 4) is 6.07 Å². The molecule has 0 unspecified atom stereocenters. The number of nitriles is 1. The molecule has 0 amide bonds. The lowest BCUT2D eigenvalue weighted by atomic mass is 10.1. The summed E-state index contributed by atoms with van der Waals surface area (Å²) in [6.45, 7) is 7.64. The molecule has 0 aromatic carbocycles. The highest BCUT2D eigenvalue weighted by atomic mass is 32.1. The average molecular weight is 298 g/mol. The second-order valence-electron chi connectivity index (χ2n) is 4.76. The minimum atomic E-state index is 0.321. The van der Waals surface area contributed by atoms with Crippen LogP contribution in [0, 0.1) is 39.0 Å². The third-order valence-electron chi connectivity index (χ3n) is 3.44. The van der Waals surface area contributed by atoms with Gasteiger partial charge in [0.25, 0.3) is 0 Å². The Morgan fingerprint density at radius 2 is 2.00 bits per heavy atom. The molecular weight excluding hydrogens is 283 g/mol. The number of nitrogens with zero attached hydrogens (tertiary/aromatic N) is 4. The van der Waals surface area contributed by atoms with E-state index in [0.29, 0.717) is 17.0 Å². The number of aromatic nitrogens is 3. The molecule has 2 aromatic heterocycles. The van der Waals surface area contributed by atoms with Crippen LogP contribution in [0.1, 0.15) is 32.5 Å². The molecule has 0 bridgehead atoms. The second kappa shape index (κ2) is 5.74. The zero-order valence-corrected chi connectivity index (χ0v) is 13.5. The molecule has 21 heavy (non-hydrogen) atoms. The van der Waals surface area contributed by atoms with Crippen molar-refractivity contribution in [3.63, 3.8) is 0 Å². The normalized spacial score (nSPS) is 12.0. The molecule has 0 aliphatic rings. The molecule has 2 rings (SSSR count). The maximum absolute atomic E-state index is 9.56. The molecule has 5 nitrogen and oxygen atoms in total. The molecule has 2 heterocycles. The van der Waals surface area contributed by atoms with Gasteiger partial charge in [0, 0.05) is 12.7 Å². The first kappa shape index (κ1) is 15.3. The van der Waals surface area contributed by atoms with Gasteiger partial charge in [-0.25, -0.2) is 4.98 Å². The third kappa shape index (κ3) is 2.59. The maximum Gasteiger partial charge on any atom is 0.374 e. The van der Waals surface area contributed by atoms with E-state index in [0.717, 1.165) is 26.8 Å². The van der Waals surface area contributed by atoms with E-state index >= 15 is 0 Å². The number of thiazole rings is 1. The summed E-state index contributed by atoms with van der Waals surface area (Å²) in [7, 11) is 7.27. The summed E-state index contributed by atoms with van der Waals surface area (Å²) in [5, 5.41) is 14.8. The van der Waals surface area contributed by atoms with E-state index in [9.17, 15) is 5.26 Å². The molecule has 2 aromatic rings. The first-order valence-electron chi connectivity index (χ1n) is 6.36. The van der Waals surface area contributed by atoms with Gasteiger partial charge in [-0.15, -0.1) is 11.3 Å². The van der Waals surface area contributed by atoms with Crippen LogP contribution in [0.15, 0.2) is 0 Å². The lowest BCUT2D eigenvalue weighted by Crippen LogP contribution is -1.97. The van der Waals surface area contributed by atoms with Crippen molar-refractivity contribution >= 4 is 30.7 Å². The van der Waals surface area contributed by atoms with Gasteiger partial charge in [0.05, 0.1) is 15.6 Å². The summed E-state index contributed by atoms with van der Waals surface area (Å²) in [4.78, 5) is 5.11. The van der Waals surface area contributed by atoms with Crippen LogP contribution >= 0.6 is 11.3 Å². The highest BCUT2D eigenvalue weighted by molar-refractivity contribution is 7.12. The van der Waals surface area contributed by atoms with Crippen molar-refractivity contribution in [1.82, 2.24) is 14.8 Å². The highest BCUT2D eigenvalue weighted by Gasteiger charge is 2.21. The van der Waals surface area contributed by atoms with E-state index in [1.54, 1.807) is 4.68 Å². The van der Waals surface area contributed by atoms with E-state index in [1.807, 2.05) is 34.7 Å². The Labute approximate surface area is 129 Å². The van der Waals surface area contributed by atoms with Gasteiger partial charge in [-0.2, -0.15) is 10.4 Å². The number of aryl methyl sites for hydroxylation is 3. The fraction of sp³-hybridized carbons (Fsp3) is 0.357. The van der Waals surface area contributed by atoms with E-state index in [2.05, 4.69) is 16.2 Å². The van der Waals surface area contributed by atoms with Crippen molar-refractivity contribution in [3.05, 3.63) is 32.5 Å². The summed E-state index contributed by atoms with van der Waals surface area (Å²) in [5.41, 5.74) is 3.62. The monoisotopic (exact) mass is 298 g/mol. The molecule has 7 heteroatoms. The van der Waals surface area contributed by atoms with Gasteiger partial charge in [0.2, 0.25) is 0 Å². The molecule has 2 radical (unpaired) electrons. The standard InChI is InChI=1S/C14H15BN4OS/c1-7-9(3)19(5)18-12(7)11(6-16)13(20-15)14-8(2)17-10(4)21-14/h1-5H3. The lowest BCUT2D eigenvalue weighted by Gasteiger charge is -2.08. The van der Waals surface area contributed by atoms with E-state index in [1.165, 1.54) is 11.3 Å². The van der Waals surface area contributed by atoms with E-state index in [-0.39, 0.29) is 0 Å². The SMILES string of the molecule is [B]OC(=C(C#N)c1nn(C)c(C)c1C)c1sc(C)nc1C. The second-order valence-corrected chi connectivity index (χ2v) is 5.97. The Morgan fingerprint density at radius 3 is 2.38 bits per heavy atom. The number of hydrogen-bond donors (Lipinski definition) is 0. The molecule has 0 saturated heterocycles. The zero-order valence-electron chi connectivity index (χ0n) is 12.7. The predicted molar refractivity (Wildman–Crippen MR) is 83.5 cm³/mol. The number of allylic oxidation sites excluding steroid dienone is 1. The Bertz CT molecular complexity index is 767. The number of hydrogen-bond acceptors (Lipinski definition) is 5. The smallest absolute Gasteiger partial charge is 0.374 e. The molecule has 0 saturated carbocycles. The summed E-state index contributed by atoms with van der Waals surface area (Å²) in [6.07, 6.45) is 0. The van der Waals surface area contributed by atoms with Crippen LogP contribution in [0.3, 0.4) is 0 Å². The predicted octanol–water partition coefficient (Wildman–Crippen LogP) is 2.60. The molecule has 0 fully saturated rings. The van der Waals surface area contributed by atoms with Gasteiger partial charge in [-0.1, -0.05) is 0 Å². The fourth-order valence-electron chi connectivity index (χ4n) is 2.13. The number of rotatable bonds is 3. The first-order chi connectivity index (χ1) is 9.90. The minimum absolute atomic E-state index is 0.321. The summed E-state index contributed by atoms with van der Waals surface area (Å²) >= 11 is 1.44. The largest absolute Gasteiger partial charge is 0.566 e. The van der Waals surface area contributed by atoms with Crippen molar-refractivity contribution < 1.29 is 4.65 Å². The topological polar surface area (TPSA) is 63.7 Å². The maximum atomic E-state index is 9.56. The highest BCUT2D eigenvalue weighted by Crippen LogP contribution is 2.33. The first-order valence-corrected chi connectivity index (χ1v) is 7.18. The molecule has 0 spiro atoms. The molecule has 0 N–H and O–H groups in total. The van der Waals surface area contributed by atoms with E-state index < -0.39 is 0 Å². The molecule has 0 atom stereocenters. The van der Waals surface area contributed by atoms with Crippen LogP contribution in [-0.2, 0) is 11.7 Å². The molecule has 0 aliphatic heterocycles. The van der Waals surface area contributed by atoms with Crippen LogP contribution in [-0.4, -0.2) is 22.8 Å². The van der Waals surface area contributed by atoms with Crippen molar-refractivity contribution in [1.29, 1.82) is 5.26 Å². The summed E-state index contributed by atoms with van der Waals surface area (Å²) in [5.74, 6) is 0.321. The van der Waals surface area contributed by atoms with Gasteiger partial charge in [0.15, 0.2) is 0 Å². The van der Waals surface area contributed by atoms with Gasteiger partial charge < -0.3 is 4.65 Å². The Hall–Kier alpha value is -2.07. The fourth-order valence-corrected chi connectivity index (χ4v) is 3.04. The van der Waals surface area contributed by atoms with Crippen LogP contribution < -0.4 is 0 Å². The molecule has 0 aliphatic carbocycles. The van der Waals surface area contributed by atoms with Crippen LogP contribution in [0.5, 0.6) is 0 Å². The quantitative estimate of drug-likeness (QED) is 0.496. The van der Waals surface area contributed by atoms with Gasteiger partial charge in [-0.05, 0) is 33.3 Å². The average Bonchev–Trinajstić information content (AvgIpc) is 2.90. The zero-order chi connectivity index (χ0) is 15.7. The Balaban J connectivity index is 2.73. The summed E-state index contributed by atoms with van der Waals surface area (Å²) in [6, 6.07) is 2.16. The van der Waals surface area contributed by atoms with Crippen molar-refractivity contribution in [2.24, 2.45) is 7.05 Å². The van der Waals surface area contributed by atoms with Gasteiger partial charge in [-0.3, -0.25) is 4.68 Å². The van der Waals surface area contributed by atoms with Gasteiger partial charge >= 0.3 is 8.05 Å². The third-order valence-corrected chi connectivity index (χ3v) is 4.51. The summed E-state index contributed by atoms with van der Waals surface area (Å²) < 4.78 is 6.76. The van der Waals surface area contributed by atoms with Gasteiger partial charge in [0.1, 0.15) is 23.1 Å². The lowest BCUT2D eigenvalue weighted by molar-refractivity contribution is 0.575. The Kier molecular flexibility index (Phi) is 4.19. The van der Waals surface area contributed by atoms with E-state index in [4.69, 9.17) is 12.7 Å². The minimum Gasteiger partial charge on any atom is -0.566 e. The molecule has 106 valence electrons. The van der Waals surface area contributed by atoms with Crippen molar-refractivity contribution in [2.45, 2.75) is 27.7 Å². The van der Waals surface area contributed by atoms with Crippen LogP contribution in [0.25, 0.3) is 11.3 Å².